The Kier molecular flexibility index (Phi) is 4.60. The Labute approximate surface area is 142 Å². The Balaban J connectivity index is 1.74. The number of nitro benzene ring substituents is 1. The predicted octanol–water partition coefficient (Wildman–Crippen LogP) is 2.84. The lowest BCUT2D eigenvalue weighted by atomic mass is 10.1. The van der Waals surface area contributed by atoms with Gasteiger partial charge in [0.2, 0.25) is 0 Å². The lowest BCUT2D eigenvalue weighted by molar-refractivity contribution is -0.384. The van der Waals surface area contributed by atoms with Crippen LogP contribution in [0.1, 0.15) is 10.4 Å². The van der Waals surface area contributed by atoms with Gasteiger partial charge >= 0.3 is 0 Å². The van der Waals surface area contributed by atoms with Crippen LogP contribution in [0.25, 0.3) is 0 Å². The summed E-state index contributed by atoms with van der Waals surface area (Å²) in [5, 5.41) is 11.1. The van der Waals surface area contributed by atoms with Crippen molar-refractivity contribution < 1.29 is 18.5 Å². The van der Waals surface area contributed by atoms with Crippen molar-refractivity contribution in [1.29, 1.82) is 0 Å². The fourth-order valence-electron chi connectivity index (χ4n) is 2.87. The molecule has 1 saturated heterocycles. The Morgan fingerprint density at radius 3 is 2.36 bits per heavy atom. The van der Waals surface area contributed by atoms with Crippen LogP contribution in [0.2, 0.25) is 0 Å². The first-order chi connectivity index (χ1) is 12.0. The zero-order valence-electron chi connectivity index (χ0n) is 13.2. The number of carbonyl (C=O) groups is 1. The third-order valence-electron chi connectivity index (χ3n) is 4.15. The number of hydrogen-bond acceptors (Lipinski definition) is 4. The first-order valence-corrected chi connectivity index (χ1v) is 7.70. The quantitative estimate of drug-likeness (QED) is 0.633. The molecule has 1 heterocycles. The van der Waals surface area contributed by atoms with Gasteiger partial charge in [-0.15, -0.1) is 0 Å². The van der Waals surface area contributed by atoms with E-state index in [0.29, 0.717) is 31.9 Å². The molecule has 2 aromatic carbocycles. The van der Waals surface area contributed by atoms with Gasteiger partial charge in [0.1, 0.15) is 17.3 Å². The summed E-state index contributed by atoms with van der Waals surface area (Å²) in [4.78, 5) is 26.1. The molecule has 0 aromatic heterocycles. The molecule has 0 N–H and O–H groups in total. The molecule has 0 bridgehead atoms. The molecule has 0 aliphatic carbocycles. The van der Waals surface area contributed by atoms with Crippen LogP contribution in [-0.4, -0.2) is 41.9 Å². The normalized spacial score (nSPS) is 14.5. The van der Waals surface area contributed by atoms with Crippen molar-refractivity contribution >= 4 is 17.3 Å². The molecular formula is C17H15F2N3O3. The van der Waals surface area contributed by atoms with Gasteiger partial charge in [0, 0.05) is 26.2 Å². The van der Waals surface area contributed by atoms with Gasteiger partial charge < -0.3 is 9.80 Å². The summed E-state index contributed by atoms with van der Waals surface area (Å²) >= 11 is 0. The molecule has 0 spiro atoms. The van der Waals surface area contributed by atoms with Gasteiger partial charge in [-0.3, -0.25) is 14.9 Å². The maximum Gasteiger partial charge on any atom is 0.295 e. The summed E-state index contributed by atoms with van der Waals surface area (Å²) in [6, 6.07) is 9.17. The smallest absolute Gasteiger partial charge is 0.295 e. The average Bonchev–Trinajstić information content (AvgIpc) is 2.61. The van der Waals surface area contributed by atoms with E-state index >= 15 is 0 Å². The van der Waals surface area contributed by atoms with Crippen LogP contribution in [0.5, 0.6) is 0 Å². The van der Waals surface area contributed by atoms with Crippen molar-refractivity contribution in [1.82, 2.24) is 4.90 Å². The molecule has 1 amide bonds. The molecular weight excluding hydrogens is 332 g/mol. The van der Waals surface area contributed by atoms with E-state index in [1.165, 1.54) is 35.2 Å². The Hall–Kier alpha value is -3.03. The highest BCUT2D eigenvalue weighted by Gasteiger charge is 2.27. The largest absolute Gasteiger partial charge is 0.362 e. The number of benzene rings is 2. The van der Waals surface area contributed by atoms with Gasteiger partial charge in [-0.1, -0.05) is 12.1 Å². The maximum atomic E-state index is 13.7. The Bertz CT molecular complexity index is 821. The maximum absolute atomic E-state index is 13.7. The number of halogens is 2. The molecule has 130 valence electrons. The summed E-state index contributed by atoms with van der Waals surface area (Å²) in [6.45, 7) is 1.27. The first kappa shape index (κ1) is 16.8. The molecule has 0 unspecified atom stereocenters. The van der Waals surface area contributed by atoms with Crippen LogP contribution in [0, 0.1) is 21.7 Å². The lowest BCUT2D eigenvalue weighted by Gasteiger charge is -2.35. The van der Waals surface area contributed by atoms with Gasteiger partial charge in [-0.25, -0.2) is 8.78 Å². The molecule has 25 heavy (non-hydrogen) atoms. The Morgan fingerprint density at radius 2 is 1.72 bits per heavy atom. The van der Waals surface area contributed by atoms with E-state index in [-0.39, 0.29) is 11.3 Å². The molecule has 1 aliphatic rings. The van der Waals surface area contributed by atoms with Crippen LogP contribution < -0.4 is 4.90 Å². The summed E-state index contributed by atoms with van der Waals surface area (Å²) in [7, 11) is 0. The molecule has 1 fully saturated rings. The SMILES string of the molecule is O=C(c1ccccc1F)N1CCN(c2ccc(F)cc2[N+](=O)[O-])CC1. The molecule has 0 radical (unpaired) electrons. The van der Waals surface area contributed by atoms with Crippen LogP contribution in [0.4, 0.5) is 20.2 Å². The van der Waals surface area contributed by atoms with E-state index in [2.05, 4.69) is 0 Å². The molecule has 0 saturated carbocycles. The standard InChI is InChI=1S/C17H15F2N3O3/c18-12-5-6-15(16(11-12)22(24)25)20-7-9-21(10-8-20)17(23)13-3-1-2-4-14(13)19/h1-6,11H,7-10H2. The summed E-state index contributed by atoms with van der Waals surface area (Å²) in [5.74, 6) is -1.67. The van der Waals surface area contributed by atoms with Gasteiger partial charge in [0.15, 0.2) is 0 Å². The van der Waals surface area contributed by atoms with Crippen molar-refractivity contribution in [2.45, 2.75) is 0 Å². The zero-order chi connectivity index (χ0) is 18.0. The number of piperazine rings is 1. The number of rotatable bonds is 3. The highest BCUT2D eigenvalue weighted by molar-refractivity contribution is 5.94. The average molecular weight is 347 g/mol. The third kappa shape index (κ3) is 3.42. The van der Waals surface area contributed by atoms with Crippen LogP contribution in [-0.2, 0) is 0 Å². The van der Waals surface area contributed by atoms with Gasteiger partial charge in [-0.05, 0) is 24.3 Å². The molecule has 1 aliphatic heterocycles. The van der Waals surface area contributed by atoms with Gasteiger partial charge in [0.25, 0.3) is 11.6 Å². The molecule has 0 atom stereocenters. The highest BCUT2D eigenvalue weighted by Crippen LogP contribution is 2.29. The van der Waals surface area contributed by atoms with Gasteiger partial charge in [0.05, 0.1) is 16.6 Å². The minimum Gasteiger partial charge on any atom is -0.362 e. The van der Waals surface area contributed by atoms with E-state index < -0.39 is 22.5 Å². The van der Waals surface area contributed by atoms with Crippen LogP contribution >= 0.6 is 0 Å². The number of carbonyl (C=O) groups excluding carboxylic acids is 1. The number of anilines is 1. The van der Waals surface area contributed by atoms with Crippen molar-refractivity contribution in [2.75, 3.05) is 31.1 Å². The third-order valence-corrected chi connectivity index (χ3v) is 4.15. The fraction of sp³-hybridized carbons (Fsp3) is 0.235. The fourth-order valence-corrected chi connectivity index (χ4v) is 2.87. The minimum absolute atomic E-state index is 0.00344. The summed E-state index contributed by atoms with van der Waals surface area (Å²) in [6.07, 6.45) is 0. The van der Waals surface area contributed by atoms with Crippen LogP contribution in [0.15, 0.2) is 42.5 Å². The number of nitrogens with zero attached hydrogens (tertiary/aromatic N) is 3. The summed E-state index contributed by atoms with van der Waals surface area (Å²) < 4.78 is 27.0. The van der Waals surface area contributed by atoms with Gasteiger partial charge in [-0.2, -0.15) is 0 Å². The monoisotopic (exact) mass is 347 g/mol. The summed E-state index contributed by atoms with van der Waals surface area (Å²) in [5.41, 5.74) is 0.00184. The highest BCUT2D eigenvalue weighted by atomic mass is 19.1. The predicted molar refractivity (Wildman–Crippen MR) is 87.6 cm³/mol. The second kappa shape index (κ2) is 6.84. The van der Waals surface area contributed by atoms with Crippen molar-refractivity contribution in [3.8, 4) is 0 Å². The zero-order valence-corrected chi connectivity index (χ0v) is 13.2. The second-order valence-electron chi connectivity index (χ2n) is 5.65. The van der Waals surface area contributed by atoms with Crippen molar-refractivity contribution in [3.05, 3.63) is 69.8 Å². The van der Waals surface area contributed by atoms with E-state index in [4.69, 9.17) is 0 Å². The van der Waals surface area contributed by atoms with E-state index in [1.807, 2.05) is 0 Å². The van der Waals surface area contributed by atoms with Crippen molar-refractivity contribution in [3.63, 3.8) is 0 Å². The second-order valence-corrected chi connectivity index (χ2v) is 5.65. The Morgan fingerprint density at radius 1 is 1.04 bits per heavy atom. The molecule has 2 aromatic rings. The van der Waals surface area contributed by atoms with E-state index in [9.17, 15) is 23.7 Å². The lowest BCUT2D eigenvalue weighted by Crippen LogP contribution is -2.49. The first-order valence-electron chi connectivity index (χ1n) is 7.70. The minimum atomic E-state index is -0.677. The van der Waals surface area contributed by atoms with Crippen molar-refractivity contribution in [2.24, 2.45) is 0 Å². The van der Waals surface area contributed by atoms with E-state index in [0.717, 1.165) is 6.07 Å². The number of amides is 1. The number of nitro groups is 1. The molecule has 8 heteroatoms. The van der Waals surface area contributed by atoms with E-state index in [1.54, 1.807) is 11.0 Å². The number of hydrogen-bond donors (Lipinski definition) is 0. The molecule has 3 rings (SSSR count). The topological polar surface area (TPSA) is 66.7 Å². The molecule has 6 nitrogen and oxygen atoms in total. The van der Waals surface area contributed by atoms with Crippen LogP contribution in [0.3, 0.4) is 0 Å².